The highest BCUT2D eigenvalue weighted by Gasteiger charge is 2.19. The lowest BCUT2D eigenvalue weighted by Crippen LogP contribution is -2.17. The minimum absolute atomic E-state index is 0.217. The molecule has 0 amide bonds. The number of imidazole rings is 1. The van der Waals surface area contributed by atoms with Gasteiger partial charge < -0.3 is 14.8 Å². The average molecular weight is 514 g/mol. The molecule has 2 aromatic carbocycles. The van der Waals surface area contributed by atoms with Gasteiger partial charge in [-0.2, -0.15) is 0 Å². The Morgan fingerprint density at radius 2 is 1.89 bits per heavy atom. The quantitative estimate of drug-likeness (QED) is 0.403. The number of carboxylic acid groups (broad SMARTS) is 1. The Kier molecular flexibility index (Phi) is 6.40. The summed E-state index contributed by atoms with van der Waals surface area (Å²) in [6.07, 6.45) is -1.30. The van der Waals surface area contributed by atoms with Gasteiger partial charge in [-0.25, -0.2) is 14.2 Å². The van der Waals surface area contributed by atoms with Crippen LogP contribution in [-0.2, 0) is 17.6 Å². The number of aliphatic carboxylic acids is 1. The van der Waals surface area contributed by atoms with Gasteiger partial charge in [-0.1, -0.05) is 13.8 Å². The van der Waals surface area contributed by atoms with Crippen molar-refractivity contribution < 1.29 is 19.0 Å². The molecule has 1 aromatic heterocycles. The van der Waals surface area contributed by atoms with Crippen LogP contribution >= 0.6 is 31.9 Å². The normalized spacial score (nSPS) is 12.5. The Balaban J connectivity index is 1.83. The molecule has 0 fully saturated rings. The van der Waals surface area contributed by atoms with Gasteiger partial charge >= 0.3 is 5.97 Å². The monoisotopic (exact) mass is 512 g/mol. The van der Waals surface area contributed by atoms with Crippen LogP contribution in [0.5, 0.6) is 11.5 Å². The third kappa shape index (κ3) is 4.91. The third-order valence-corrected chi connectivity index (χ3v) is 5.24. The number of nitrogens with one attached hydrogen (secondary N) is 1. The molecule has 148 valence electrons. The molecule has 0 unspecified atom stereocenters. The van der Waals surface area contributed by atoms with Crippen molar-refractivity contribution >= 4 is 48.9 Å². The summed E-state index contributed by atoms with van der Waals surface area (Å²) in [6.45, 7) is 4.28. The van der Waals surface area contributed by atoms with E-state index in [1.807, 2.05) is 18.2 Å². The van der Waals surface area contributed by atoms with Gasteiger partial charge in [-0.15, -0.1) is 0 Å². The topological polar surface area (TPSA) is 75.2 Å². The molecule has 0 saturated carbocycles. The maximum Gasteiger partial charge on any atom is 0.338 e. The molecule has 8 heteroatoms. The van der Waals surface area contributed by atoms with Gasteiger partial charge in [0, 0.05) is 18.9 Å². The van der Waals surface area contributed by atoms with E-state index in [1.165, 1.54) is 0 Å². The minimum Gasteiger partial charge on any atom is -0.479 e. The number of aromatic nitrogens is 2. The van der Waals surface area contributed by atoms with E-state index in [-0.39, 0.29) is 6.42 Å². The van der Waals surface area contributed by atoms with Gasteiger partial charge in [0.2, 0.25) is 6.17 Å². The standard InChI is InChI=1S/C20H19Br2FN2O3/c1-10(2)5-18-24-16-4-3-12(9-17(16)25-18)28-19-13(21)6-11(7-14(19)22)8-15(23)20(26)27/h3-4,6-7,9-10,15H,5,8H2,1-2H3,(H,24,25)(H,26,27)/t15-/m1/s1. The van der Waals surface area contributed by atoms with Crippen LogP contribution < -0.4 is 4.74 Å². The van der Waals surface area contributed by atoms with Crippen LogP contribution in [0, 0.1) is 5.92 Å². The summed E-state index contributed by atoms with van der Waals surface area (Å²) in [5, 5.41) is 8.74. The SMILES string of the molecule is CC(C)Cc1nc2ccc(Oc3c(Br)cc(C[C@@H](F)C(=O)O)cc3Br)cc2[nH]1. The van der Waals surface area contributed by atoms with Crippen molar-refractivity contribution in [1.82, 2.24) is 9.97 Å². The number of hydrogen-bond acceptors (Lipinski definition) is 3. The molecular weight excluding hydrogens is 495 g/mol. The minimum atomic E-state index is -1.95. The molecular formula is C20H19Br2FN2O3. The molecule has 0 aliphatic carbocycles. The van der Waals surface area contributed by atoms with Gasteiger partial charge in [-0.05, 0) is 67.6 Å². The van der Waals surface area contributed by atoms with E-state index in [0.717, 1.165) is 23.3 Å². The average Bonchev–Trinajstić information content (AvgIpc) is 2.98. The van der Waals surface area contributed by atoms with Gasteiger partial charge in [0.25, 0.3) is 0 Å². The van der Waals surface area contributed by atoms with Crippen molar-refractivity contribution in [3.05, 3.63) is 50.7 Å². The molecule has 28 heavy (non-hydrogen) atoms. The van der Waals surface area contributed by atoms with E-state index in [1.54, 1.807) is 12.1 Å². The van der Waals surface area contributed by atoms with Crippen molar-refractivity contribution in [3.8, 4) is 11.5 Å². The highest BCUT2D eigenvalue weighted by atomic mass is 79.9. The number of carbonyl (C=O) groups is 1. The zero-order valence-electron chi connectivity index (χ0n) is 15.3. The van der Waals surface area contributed by atoms with Gasteiger partial charge in [0.1, 0.15) is 11.6 Å². The van der Waals surface area contributed by atoms with E-state index in [2.05, 4.69) is 55.7 Å². The Morgan fingerprint density at radius 1 is 1.21 bits per heavy atom. The number of benzene rings is 2. The fraction of sp³-hybridized carbons (Fsp3) is 0.300. The van der Waals surface area contributed by atoms with Crippen LogP contribution in [0.2, 0.25) is 0 Å². The zero-order valence-corrected chi connectivity index (χ0v) is 18.5. The molecule has 0 aliphatic rings. The predicted octanol–water partition coefficient (Wildman–Crippen LogP) is 6.04. The summed E-state index contributed by atoms with van der Waals surface area (Å²) in [5.74, 6) is 1.11. The Bertz CT molecular complexity index is 997. The Hall–Kier alpha value is -1.93. The lowest BCUT2D eigenvalue weighted by atomic mass is 10.1. The number of ether oxygens (including phenoxy) is 1. The maximum absolute atomic E-state index is 13.5. The van der Waals surface area contributed by atoms with E-state index in [0.29, 0.717) is 31.9 Å². The zero-order chi connectivity index (χ0) is 20.4. The molecule has 0 radical (unpaired) electrons. The van der Waals surface area contributed by atoms with Crippen molar-refractivity contribution in [2.45, 2.75) is 32.9 Å². The molecule has 0 aliphatic heterocycles. The second-order valence-corrected chi connectivity index (χ2v) is 8.67. The molecule has 5 nitrogen and oxygen atoms in total. The van der Waals surface area contributed by atoms with E-state index in [9.17, 15) is 9.18 Å². The second kappa shape index (κ2) is 8.61. The fourth-order valence-corrected chi connectivity index (χ4v) is 4.27. The molecule has 0 spiro atoms. The van der Waals surface area contributed by atoms with Crippen molar-refractivity contribution in [2.75, 3.05) is 0 Å². The smallest absolute Gasteiger partial charge is 0.338 e. The first-order valence-corrected chi connectivity index (χ1v) is 10.3. The molecule has 1 atom stereocenters. The number of carboxylic acids is 1. The number of fused-ring (bicyclic) bond motifs is 1. The Morgan fingerprint density at radius 3 is 2.50 bits per heavy atom. The first-order chi connectivity index (χ1) is 13.2. The van der Waals surface area contributed by atoms with Gasteiger partial charge in [-0.3, -0.25) is 0 Å². The van der Waals surface area contributed by atoms with Crippen LogP contribution in [-0.4, -0.2) is 27.2 Å². The molecule has 2 N–H and O–H groups in total. The molecule has 3 rings (SSSR count). The van der Waals surface area contributed by atoms with Crippen LogP contribution in [0.15, 0.2) is 39.3 Å². The number of H-pyrrole nitrogens is 1. The maximum atomic E-state index is 13.5. The van der Waals surface area contributed by atoms with Gasteiger partial charge in [0.15, 0.2) is 5.75 Å². The summed E-state index contributed by atoms with van der Waals surface area (Å²) in [6, 6.07) is 8.91. The molecule has 3 aromatic rings. The highest BCUT2D eigenvalue weighted by Crippen LogP contribution is 2.38. The molecule has 0 bridgehead atoms. The van der Waals surface area contributed by atoms with Crippen LogP contribution in [0.1, 0.15) is 25.2 Å². The number of rotatable bonds is 7. The van der Waals surface area contributed by atoms with Crippen LogP contribution in [0.3, 0.4) is 0 Å². The third-order valence-electron chi connectivity index (χ3n) is 4.06. The number of hydrogen-bond donors (Lipinski definition) is 2. The summed E-state index contributed by atoms with van der Waals surface area (Å²) < 4.78 is 20.7. The molecule has 0 saturated heterocycles. The first-order valence-electron chi connectivity index (χ1n) is 8.74. The first kappa shape index (κ1) is 20.8. The second-order valence-electron chi connectivity index (χ2n) is 6.96. The van der Waals surface area contributed by atoms with E-state index < -0.39 is 12.1 Å². The molecule has 1 heterocycles. The summed E-state index contributed by atoms with van der Waals surface area (Å²) in [4.78, 5) is 18.6. The lowest BCUT2D eigenvalue weighted by molar-refractivity contribution is -0.142. The largest absolute Gasteiger partial charge is 0.479 e. The van der Waals surface area contributed by atoms with Crippen LogP contribution in [0.4, 0.5) is 4.39 Å². The van der Waals surface area contributed by atoms with Crippen molar-refractivity contribution in [1.29, 1.82) is 0 Å². The van der Waals surface area contributed by atoms with Crippen molar-refractivity contribution in [3.63, 3.8) is 0 Å². The van der Waals surface area contributed by atoms with Crippen molar-refractivity contribution in [2.24, 2.45) is 5.92 Å². The Labute approximate surface area is 178 Å². The number of aromatic amines is 1. The number of halogens is 3. The fourth-order valence-electron chi connectivity index (χ4n) is 2.83. The van der Waals surface area contributed by atoms with Crippen LogP contribution in [0.25, 0.3) is 11.0 Å². The summed E-state index contributed by atoms with van der Waals surface area (Å²) >= 11 is 6.84. The summed E-state index contributed by atoms with van der Waals surface area (Å²) in [7, 11) is 0. The van der Waals surface area contributed by atoms with Gasteiger partial charge in [0.05, 0.1) is 20.0 Å². The number of alkyl halides is 1. The van der Waals surface area contributed by atoms with E-state index in [4.69, 9.17) is 9.84 Å². The van der Waals surface area contributed by atoms with E-state index >= 15 is 0 Å². The lowest BCUT2D eigenvalue weighted by Gasteiger charge is -2.12. The predicted molar refractivity (Wildman–Crippen MR) is 113 cm³/mol. The number of nitrogens with zero attached hydrogens (tertiary/aromatic N) is 1. The summed E-state index contributed by atoms with van der Waals surface area (Å²) in [5.41, 5.74) is 2.31. The highest BCUT2D eigenvalue weighted by molar-refractivity contribution is 9.11.